The number of carbonyl (C=O) groups excluding carboxylic acids is 2. The minimum atomic E-state index is -0.388. The van der Waals surface area contributed by atoms with Crippen molar-refractivity contribution < 1.29 is 14.3 Å². The monoisotopic (exact) mass is 184 g/mol. The summed E-state index contributed by atoms with van der Waals surface area (Å²) in [7, 11) is 0. The van der Waals surface area contributed by atoms with Crippen molar-refractivity contribution in [3.63, 3.8) is 0 Å². The van der Waals surface area contributed by atoms with Gasteiger partial charge in [-0.05, 0) is 19.8 Å². The molecule has 0 amide bonds. The Kier molecular flexibility index (Phi) is 3.07. The number of esters is 1. The van der Waals surface area contributed by atoms with Gasteiger partial charge in [0.15, 0.2) is 0 Å². The molecule has 1 saturated carbocycles. The van der Waals surface area contributed by atoms with E-state index >= 15 is 0 Å². The first-order chi connectivity index (χ1) is 6.06. The van der Waals surface area contributed by atoms with Gasteiger partial charge < -0.3 is 4.74 Å². The summed E-state index contributed by atoms with van der Waals surface area (Å²) in [6, 6.07) is 0. The molecule has 1 aliphatic rings. The minimum absolute atomic E-state index is 0.170. The predicted molar refractivity (Wildman–Crippen MR) is 48.3 cm³/mol. The number of hydrogen-bond acceptors (Lipinski definition) is 3. The predicted octanol–water partition coefficient (Wildman–Crippen LogP) is 1.84. The quantitative estimate of drug-likeness (QED) is 0.615. The molecule has 0 atom stereocenters. The van der Waals surface area contributed by atoms with Crippen LogP contribution in [0, 0.1) is 0 Å². The van der Waals surface area contributed by atoms with Gasteiger partial charge in [-0.1, -0.05) is 6.92 Å². The normalized spacial score (nSPS) is 21.2. The van der Waals surface area contributed by atoms with Gasteiger partial charge in [0.1, 0.15) is 11.4 Å². The molecule has 0 heterocycles. The summed E-state index contributed by atoms with van der Waals surface area (Å²) in [6.45, 7) is 3.69. The van der Waals surface area contributed by atoms with Crippen molar-refractivity contribution in [2.24, 2.45) is 0 Å². The molecule has 0 saturated heterocycles. The second-order valence-electron chi connectivity index (χ2n) is 3.82. The van der Waals surface area contributed by atoms with Crippen LogP contribution in [-0.2, 0) is 14.3 Å². The molecule has 0 aromatic heterocycles. The maximum absolute atomic E-state index is 11.1. The third-order valence-corrected chi connectivity index (χ3v) is 2.51. The van der Waals surface area contributed by atoms with E-state index < -0.39 is 0 Å². The largest absolute Gasteiger partial charge is 0.459 e. The second kappa shape index (κ2) is 3.90. The SMILES string of the molecule is CCC(=O)OC1(C)CCC(=O)CC1. The zero-order valence-corrected chi connectivity index (χ0v) is 8.26. The van der Waals surface area contributed by atoms with Gasteiger partial charge in [-0.2, -0.15) is 0 Å². The van der Waals surface area contributed by atoms with Crippen molar-refractivity contribution in [1.82, 2.24) is 0 Å². The van der Waals surface area contributed by atoms with E-state index in [2.05, 4.69) is 0 Å². The summed E-state index contributed by atoms with van der Waals surface area (Å²) >= 11 is 0. The molecule has 0 aromatic rings. The number of rotatable bonds is 2. The van der Waals surface area contributed by atoms with Crippen molar-refractivity contribution in [3.05, 3.63) is 0 Å². The highest BCUT2D eigenvalue weighted by Crippen LogP contribution is 2.29. The van der Waals surface area contributed by atoms with Gasteiger partial charge in [0.25, 0.3) is 0 Å². The van der Waals surface area contributed by atoms with Crippen LogP contribution < -0.4 is 0 Å². The molecule has 0 unspecified atom stereocenters. The fraction of sp³-hybridized carbons (Fsp3) is 0.800. The van der Waals surface area contributed by atoms with Crippen LogP contribution in [0.1, 0.15) is 46.0 Å². The number of carbonyl (C=O) groups is 2. The van der Waals surface area contributed by atoms with Crippen LogP contribution in [0.3, 0.4) is 0 Å². The molecular weight excluding hydrogens is 168 g/mol. The van der Waals surface area contributed by atoms with Crippen molar-refractivity contribution in [2.45, 2.75) is 51.6 Å². The van der Waals surface area contributed by atoms with Crippen molar-refractivity contribution in [3.8, 4) is 0 Å². The van der Waals surface area contributed by atoms with Crippen LogP contribution in [0.2, 0.25) is 0 Å². The van der Waals surface area contributed by atoms with Crippen LogP contribution >= 0.6 is 0 Å². The van der Waals surface area contributed by atoms with Gasteiger partial charge >= 0.3 is 5.97 Å². The maximum atomic E-state index is 11.1. The van der Waals surface area contributed by atoms with E-state index in [1.807, 2.05) is 6.92 Å². The third kappa shape index (κ3) is 2.83. The molecule has 3 nitrogen and oxygen atoms in total. The van der Waals surface area contributed by atoms with Crippen LogP contribution in [0.5, 0.6) is 0 Å². The molecule has 0 radical (unpaired) electrons. The van der Waals surface area contributed by atoms with E-state index in [0.29, 0.717) is 32.1 Å². The van der Waals surface area contributed by atoms with Crippen molar-refractivity contribution in [2.75, 3.05) is 0 Å². The summed E-state index contributed by atoms with van der Waals surface area (Å²) in [4.78, 5) is 22.0. The highest BCUT2D eigenvalue weighted by atomic mass is 16.6. The Morgan fingerprint density at radius 1 is 1.46 bits per heavy atom. The second-order valence-corrected chi connectivity index (χ2v) is 3.82. The Morgan fingerprint density at radius 3 is 2.46 bits per heavy atom. The number of ether oxygens (including phenoxy) is 1. The summed E-state index contributed by atoms with van der Waals surface area (Å²) in [5.74, 6) is 0.113. The minimum Gasteiger partial charge on any atom is -0.459 e. The molecule has 0 N–H and O–H groups in total. The van der Waals surface area contributed by atoms with Crippen LogP contribution in [-0.4, -0.2) is 17.4 Å². The summed E-state index contributed by atoms with van der Waals surface area (Å²) < 4.78 is 5.29. The molecule has 0 spiro atoms. The van der Waals surface area contributed by atoms with Gasteiger partial charge in [0.2, 0.25) is 0 Å². The zero-order valence-electron chi connectivity index (χ0n) is 8.26. The highest BCUT2D eigenvalue weighted by Gasteiger charge is 2.33. The molecule has 1 aliphatic carbocycles. The Morgan fingerprint density at radius 2 is 2.00 bits per heavy atom. The fourth-order valence-corrected chi connectivity index (χ4v) is 1.51. The number of Topliss-reactive ketones (excluding diaryl/α,β-unsaturated/α-hetero) is 1. The van der Waals surface area contributed by atoms with E-state index in [0.717, 1.165) is 0 Å². The Hall–Kier alpha value is -0.860. The van der Waals surface area contributed by atoms with Crippen LogP contribution in [0.4, 0.5) is 0 Å². The lowest BCUT2D eigenvalue weighted by molar-refractivity contribution is -0.162. The molecule has 0 aromatic carbocycles. The van der Waals surface area contributed by atoms with Crippen molar-refractivity contribution >= 4 is 11.8 Å². The van der Waals surface area contributed by atoms with E-state index in [1.54, 1.807) is 6.92 Å². The Bertz CT molecular complexity index is 210. The van der Waals surface area contributed by atoms with Gasteiger partial charge in [0.05, 0.1) is 0 Å². The zero-order chi connectivity index (χ0) is 9.90. The molecule has 13 heavy (non-hydrogen) atoms. The van der Waals surface area contributed by atoms with Crippen molar-refractivity contribution in [1.29, 1.82) is 0 Å². The molecule has 1 rings (SSSR count). The molecule has 74 valence electrons. The Labute approximate surface area is 78.5 Å². The fourth-order valence-electron chi connectivity index (χ4n) is 1.51. The topological polar surface area (TPSA) is 43.4 Å². The van der Waals surface area contributed by atoms with Gasteiger partial charge in [-0.15, -0.1) is 0 Å². The molecule has 1 fully saturated rings. The van der Waals surface area contributed by atoms with Gasteiger partial charge in [-0.3, -0.25) is 9.59 Å². The third-order valence-electron chi connectivity index (χ3n) is 2.51. The van der Waals surface area contributed by atoms with E-state index in [4.69, 9.17) is 4.74 Å². The summed E-state index contributed by atoms with van der Waals surface area (Å²) in [6.07, 6.45) is 2.86. The maximum Gasteiger partial charge on any atom is 0.306 e. The number of hydrogen-bond donors (Lipinski definition) is 0. The van der Waals surface area contributed by atoms with Crippen LogP contribution in [0.15, 0.2) is 0 Å². The molecular formula is C10H16O3. The first-order valence-electron chi connectivity index (χ1n) is 4.79. The summed E-state index contributed by atoms with van der Waals surface area (Å²) in [5, 5.41) is 0. The van der Waals surface area contributed by atoms with Gasteiger partial charge in [0, 0.05) is 19.3 Å². The average Bonchev–Trinajstić information content (AvgIpc) is 2.10. The first kappa shape index (κ1) is 10.2. The molecule has 0 bridgehead atoms. The average molecular weight is 184 g/mol. The Balaban J connectivity index is 2.47. The highest BCUT2D eigenvalue weighted by molar-refractivity contribution is 5.79. The van der Waals surface area contributed by atoms with E-state index in [-0.39, 0.29) is 17.4 Å². The lowest BCUT2D eigenvalue weighted by atomic mass is 9.85. The summed E-state index contributed by atoms with van der Waals surface area (Å²) in [5.41, 5.74) is -0.388. The number of ketones is 1. The van der Waals surface area contributed by atoms with Gasteiger partial charge in [-0.25, -0.2) is 0 Å². The molecule has 0 aliphatic heterocycles. The van der Waals surface area contributed by atoms with E-state index in [9.17, 15) is 9.59 Å². The lowest BCUT2D eigenvalue weighted by Gasteiger charge is -2.32. The lowest BCUT2D eigenvalue weighted by Crippen LogP contribution is -2.36. The van der Waals surface area contributed by atoms with E-state index in [1.165, 1.54) is 0 Å². The standard InChI is InChI=1S/C10H16O3/c1-3-9(12)13-10(2)6-4-8(11)5-7-10/h3-7H2,1-2H3. The first-order valence-corrected chi connectivity index (χ1v) is 4.79. The van der Waals surface area contributed by atoms with Crippen LogP contribution in [0.25, 0.3) is 0 Å². The smallest absolute Gasteiger partial charge is 0.306 e. The molecule has 3 heteroatoms.